The number of thiazole rings is 1. The summed E-state index contributed by atoms with van der Waals surface area (Å²) in [5, 5.41) is 4.83. The third-order valence-corrected chi connectivity index (χ3v) is 4.92. The van der Waals surface area contributed by atoms with E-state index in [1.807, 2.05) is 17.5 Å². The Labute approximate surface area is 125 Å². The third kappa shape index (κ3) is 3.10. The van der Waals surface area contributed by atoms with Crippen LogP contribution in [0.2, 0.25) is 0 Å². The molecule has 20 heavy (non-hydrogen) atoms. The van der Waals surface area contributed by atoms with Gasteiger partial charge in [-0.3, -0.25) is 0 Å². The lowest BCUT2D eigenvalue weighted by atomic mass is 10.1. The molecule has 1 N–H and O–H groups in total. The van der Waals surface area contributed by atoms with Crippen LogP contribution >= 0.6 is 11.3 Å². The normalized spacial score (nSPS) is 15.6. The van der Waals surface area contributed by atoms with Crippen molar-refractivity contribution in [3.63, 3.8) is 0 Å². The van der Waals surface area contributed by atoms with Gasteiger partial charge in [0.2, 0.25) is 0 Å². The van der Waals surface area contributed by atoms with Crippen LogP contribution in [0.15, 0.2) is 30.5 Å². The highest BCUT2D eigenvalue weighted by Crippen LogP contribution is 2.35. The Bertz CT molecular complexity index is 570. The van der Waals surface area contributed by atoms with Gasteiger partial charge in [0.25, 0.3) is 0 Å². The molecular weight excluding hydrogens is 264 g/mol. The van der Waals surface area contributed by atoms with Crippen molar-refractivity contribution in [3.05, 3.63) is 51.5 Å². The molecule has 0 radical (unpaired) electrons. The molecule has 1 heterocycles. The van der Waals surface area contributed by atoms with Crippen molar-refractivity contribution >= 4 is 11.3 Å². The zero-order valence-electron chi connectivity index (χ0n) is 12.4. The summed E-state index contributed by atoms with van der Waals surface area (Å²) >= 11 is 1.87. The van der Waals surface area contributed by atoms with Crippen molar-refractivity contribution in [3.8, 4) is 0 Å². The molecule has 3 heteroatoms. The zero-order valence-corrected chi connectivity index (χ0v) is 13.3. The second-order valence-corrected chi connectivity index (χ2v) is 7.79. The van der Waals surface area contributed by atoms with E-state index >= 15 is 0 Å². The number of hydrogen-bond acceptors (Lipinski definition) is 3. The Morgan fingerprint density at radius 2 is 1.85 bits per heavy atom. The first-order valence-electron chi connectivity index (χ1n) is 7.28. The van der Waals surface area contributed by atoms with Gasteiger partial charge in [-0.15, -0.1) is 11.3 Å². The van der Waals surface area contributed by atoms with E-state index in [0.29, 0.717) is 5.92 Å². The summed E-state index contributed by atoms with van der Waals surface area (Å²) < 4.78 is 0. The van der Waals surface area contributed by atoms with Gasteiger partial charge in [0, 0.05) is 29.1 Å². The van der Waals surface area contributed by atoms with Gasteiger partial charge in [-0.1, -0.05) is 24.3 Å². The maximum Gasteiger partial charge on any atom is 0.0965 e. The molecule has 2 nitrogen and oxygen atoms in total. The highest BCUT2D eigenvalue weighted by molar-refractivity contribution is 7.11. The standard InChI is InChI=1S/C17H22N2S/c1-17(2,3)19-11-15-10-18-16(20-15)14-8-12-6-4-5-7-13(12)9-14/h4-7,10,14,19H,8-9,11H2,1-3H3. The van der Waals surface area contributed by atoms with Crippen LogP contribution in [-0.4, -0.2) is 10.5 Å². The smallest absolute Gasteiger partial charge is 0.0965 e. The van der Waals surface area contributed by atoms with Crippen LogP contribution in [0.3, 0.4) is 0 Å². The Balaban J connectivity index is 1.67. The number of fused-ring (bicyclic) bond motifs is 1. The van der Waals surface area contributed by atoms with Crippen LogP contribution in [0.25, 0.3) is 0 Å². The van der Waals surface area contributed by atoms with Crippen molar-refractivity contribution in [1.29, 1.82) is 0 Å². The summed E-state index contributed by atoms with van der Waals surface area (Å²) in [7, 11) is 0. The first-order valence-corrected chi connectivity index (χ1v) is 8.09. The minimum Gasteiger partial charge on any atom is -0.307 e. The lowest BCUT2D eigenvalue weighted by molar-refractivity contribution is 0.426. The molecule has 1 aliphatic carbocycles. The van der Waals surface area contributed by atoms with Crippen LogP contribution in [-0.2, 0) is 19.4 Å². The summed E-state index contributed by atoms with van der Waals surface area (Å²) in [4.78, 5) is 6.00. The fraction of sp³-hybridized carbons (Fsp3) is 0.471. The van der Waals surface area contributed by atoms with E-state index in [-0.39, 0.29) is 5.54 Å². The number of benzene rings is 1. The molecule has 0 saturated heterocycles. The Morgan fingerprint density at radius 1 is 1.20 bits per heavy atom. The van der Waals surface area contributed by atoms with Gasteiger partial charge in [-0.2, -0.15) is 0 Å². The highest BCUT2D eigenvalue weighted by Gasteiger charge is 2.24. The van der Waals surface area contributed by atoms with Crippen LogP contribution in [0, 0.1) is 0 Å². The van der Waals surface area contributed by atoms with Crippen LogP contribution < -0.4 is 5.32 Å². The molecule has 106 valence electrons. The van der Waals surface area contributed by atoms with Crippen molar-refractivity contribution in [2.24, 2.45) is 0 Å². The summed E-state index contributed by atoms with van der Waals surface area (Å²) in [5.41, 5.74) is 3.16. The summed E-state index contributed by atoms with van der Waals surface area (Å²) in [5.74, 6) is 0.584. The molecule has 0 aliphatic heterocycles. The SMILES string of the molecule is CC(C)(C)NCc1cnc(C2Cc3ccccc3C2)s1. The predicted molar refractivity (Wildman–Crippen MR) is 85.3 cm³/mol. The molecule has 0 saturated carbocycles. The van der Waals surface area contributed by atoms with E-state index in [9.17, 15) is 0 Å². The van der Waals surface area contributed by atoms with Crippen LogP contribution in [0.4, 0.5) is 0 Å². The molecule has 0 spiro atoms. The number of hydrogen-bond donors (Lipinski definition) is 1. The number of aromatic nitrogens is 1. The molecule has 1 aliphatic rings. The van der Waals surface area contributed by atoms with Gasteiger partial charge in [-0.25, -0.2) is 4.98 Å². The monoisotopic (exact) mass is 286 g/mol. The largest absolute Gasteiger partial charge is 0.307 e. The Hall–Kier alpha value is -1.19. The minimum absolute atomic E-state index is 0.160. The Kier molecular flexibility index (Phi) is 3.65. The maximum absolute atomic E-state index is 4.66. The van der Waals surface area contributed by atoms with Crippen molar-refractivity contribution in [1.82, 2.24) is 10.3 Å². The van der Waals surface area contributed by atoms with Gasteiger partial charge >= 0.3 is 0 Å². The molecular formula is C17H22N2S. The summed E-state index contributed by atoms with van der Waals surface area (Å²) in [6.07, 6.45) is 4.34. The van der Waals surface area contributed by atoms with Crippen molar-refractivity contribution in [2.45, 2.75) is 51.6 Å². The third-order valence-electron chi connectivity index (χ3n) is 3.76. The molecule has 0 fully saturated rings. The van der Waals surface area contributed by atoms with Gasteiger partial charge in [0.05, 0.1) is 5.01 Å². The average molecular weight is 286 g/mol. The topological polar surface area (TPSA) is 24.9 Å². The quantitative estimate of drug-likeness (QED) is 0.925. The van der Waals surface area contributed by atoms with Gasteiger partial charge in [0.1, 0.15) is 0 Å². The van der Waals surface area contributed by atoms with Crippen LogP contribution in [0.1, 0.15) is 47.7 Å². The molecule has 0 amide bonds. The number of nitrogens with zero attached hydrogens (tertiary/aromatic N) is 1. The van der Waals surface area contributed by atoms with Crippen LogP contribution in [0.5, 0.6) is 0 Å². The zero-order chi connectivity index (χ0) is 14.2. The van der Waals surface area contributed by atoms with Gasteiger partial charge < -0.3 is 5.32 Å². The van der Waals surface area contributed by atoms with Crippen molar-refractivity contribution in [2.75, 3.05) is 0 Å². The molecule has 1 aromatic heterocycles. The molecule has 0 bridgehead atoms. The molecule has 0 atom stereocenters. The minimum atomic E-state index is 0.160. The fourth-order valence-electron chi connectivity index (χ4n) is 2.68. The lowest BCUT2D eigenvalue weighted by Crippen LogP contribution is -2.34. The Morgan fingerprint density at radius 3 is 2.45 bits per heavy atom. The van der Waals surface area contributed by atoms with E-state index in [0.717, 1.165) is 19.4 Å². The van der Waals surface area contributed by atoms with Gasteiger partial charge in [-0.05, 0) is 44.7 Å². The first kappa shape index (κ1) is 13.8. The van der Waals surface area contributed by atoms with E-state index in [4.69, 9.17) is 0 Å². The molecule has 1 aromatic carbocycles. The van der Waals surface area contributed by atoms with Crippen molar-refractivity contribution < 1.29 is 0 Å². The van der Waals surface area contributed by atoms with Gasteiger partial charge in [0.15, 0.2) is 0 Å². The number of nitrogens with one attached hydrogen (secondary N) is 1. The summed E-state index contributed by atoms with van der Waals surface area (Å²) in [6, 6.07) is 8.79. The predicted octanol–water partition coefficient (Wildman–Crippen LogP) is 3.91. The molecule has 0 unspecified atom stereocenters. The first-order chi connectivity index (χ1) is 9.51. The van der Waals surface area contributed by atoms with E-state index in [1.165, 1.54) is 21.0 Å². The maximum atomic E-state index is 4.66. The second kappa shape index (κ2) is 5.30. The average Bonchev–Trinajstić information content (AvgIpc) is 3.01. The summed E-state index contributed by atoms with van der Waals surface area (Å²) in [6.45, 7) is 7.51. The second-order valence-electron chi connectivity index (χ2n) is 6.64. The molecule has 2 aromatic rings. The van der Waals surface area contributed by atoms with E-state index in [1.54, 1.807) is 0 Å². The number of rotatable bonds is 3. The fourth-order valence-corrected chi connectivity index (χ4v) is 3.64. The lowest BCUT2D eigenvalue weighted by Gasteiger charge is -2.19. The molecule has 3 rings (SSSR count). The highest BCUT2D eigenvalue weighted by atomic mass is 32.1. The van der Waals surface area contributed by atoms with E-state index in [2.05, 4.69) is 55.3 Å². The van der Waals surface area contributed by atoms with E-state index < -0.39 is 0 Å².